The van der Waals surface area contributed by atoms with E-state index in [1.54, 1.807) is 0 Å². The van der Waals surface area contributed by atoms with Crippen molar-refractivity contribution in [3.05, 3.63) is 30.0 Å². The minimum Gasteiger partial charge on any atom is -0.313 e. The minimum atomic E-state index is 0.545. The standard InChI is InChI=1S/C15H24N4/c1-12(2)16-9-10-18(3)11-14-13-7-5-6-8-15(13)19(4)17-14/h5-8,12,16H,9-11H2,1-4H3. The van der Waals surface area contributed by atoms with Crippen molar-refractivity contribution >= 4 is 10.9 Å². The van der Waals surface area contributed by atoms with Crippen LogP contribution < -0.4 is 5.32 Å². The van der Waals surface area contributed by atoms with Crippen LogP contribution in [0.2, 0.25) is 0 Å². The Balaban J connectivity index is 2.01. The first-order valence-electron chi connectivity index (χ1n) is 6.90. The Morgan fingerprint density at radius 1 is 1.32 bits per heavy atom. The second-order valence-corrected chi connectivity index (χ2v) is 5.43. The summed E-state index contributed by atoms with van der Waals surface area (Å²) < 4.78 is 1.96. The highest BCUT2D eigenvalue weighted by Gasteiger charge is 2.09. The zero-order chi connectivity index (χ0) is 13.8. The molecule has 0 amide bonds. The van der Waals surface area contributed by atoms with Crippen molar-refractivity contribution in [2.45, 2.75) is 26.4 Å². The number of likely N-dealkylation sites (N-methyl/N-ethyl adjacent to an activating group) is 1. The van der Waals surface area contributed by atoms with Crippen LogP contribution in [0.3, 0.4) is 0 Å². The van der Waals surface area contributed by atoms with Gasteiger partial charge in [0.2, 0.25) is 0 Å². The summed E-state index contributed by atoms with van der Waals surface area (Å²) in [5.74, 6) is 0. The van der Waals surface area contributed by atoms with Gasteiger partial charge in [0.25, 0.3) is 0 Å². The Morgan fingerprint density at radius 2 is 2.05 bits per heavy atom. The molecule has 1 heterocycles. The van der Waals surface area contributed by atoms with Gasteiger partial charge in [0.1, 0.15) is 0 Å². The predicted molar refractivity (Wildman–Crippen MR) is 80.2 cm³/mol. The van der Waals surface area contributed by atoms with E-state index in [0.717, 1.165) is 25.3 Å². The number of para-hydroxylation sites is 1. The van der Waals surface area contributed by atoms with Crippen molar-refractivity contribution in [2.24, 2.45) is 7.05 Å². The number of fused-ring (bicyclic) bond motifs is 1. The van der Waals surface area contributed by atoms with E-state index in [1.807, 2.05) is 11.7 Å². The normalized spacial score (nSPS) is 11.9. The lowest BCUT2D eigenvalue weighted by Gasteiger charge is -2.17. The molecule has 0 aliphatic heterocycles. The summed E-state index contributed by atoms with van der Waals surface area (Å²) in [6.45, 7) is 7.28. The smallest absolute Gasteiger partial charge is 0.0843 e. The van der Waals surface area contributed by atoms with Gasteiger partial charge in [0.05, 0.1) is 11.2 Å². The maximum atomic E-state index is 4.63. The predicted octanol–water partition coefficient (Wildman–Crippen LogP) is 2.00. The summed E-state index contributed by atoms with van der Waals surface area (Å²) in [6, 6.07) is 8.95. The van der Waals surface area contributed by atoms with E-state index < -0.39 is 0 Å². The Labute approximate surface area is 115 Å². The van der Waals surface area contributed by atoms with E-state index in [0.29, 0.717) is 6.04 Å². The first-order valence-corrected chi connectivity index (χ1v) is 6.90. The van der Waals surface area contributed by atoms with E-state index in [-0.39, 0.29) is 0 Å². The van der Waals surface area contributed by atoms with Gasteiger partial charge < -0.3 is 5.32 Å². The number of hydrogen-bond donors (Lipinski definition) is 1. The van der Waals surface area contributed by atoms with Gasteiger partial charge in [0, 0.05) is 38.1 Å². The number of aryl methyl sites for hydroxylation is 1. The van der Waals surface area contributed by atoms with Gasteiger partial charge in [-0.15, -0.1) is 0 Å². The van der Waals surface area contributed by atoms with E-state index in [9.17, 15) is 0 Å². The molecule has 1 aromatic carbocycles. The van der Waals surface area contributed by atoms with Crippen LogP contribution in [0.15, 0.2) is 24.3 Å². The molecule has 0 unspecified atom stereocenters. The molecule has 4 heteroatoms. The topological polar surface area (TPSA) is 33.1 Å². The van der Waals surface area contributed by atoms with Gasteiger partial charge in [-0.3, -0.25) is 9.58 Å². The molecular weight excluding hydrogens is 236 g/mol. The maximum absolute atomic E-state index is 4.63. The highest BCUT2D eigenvalue weighted by atomic mass is 15.3. The maximum Gasteiger partial charge on any atom is 0.0843 e. The van der Waals surface area contributed by atoms with Gasteiger partial charge in [-0.25, -0.2) is 0 Å². The monoisotopic (exact) mass is 260 g/mol. The fourth-order valence-electron chi connectivity index (χ4n) is 2.28. The molecule has 0 aliphatic carbocycles. The van der Waals surface area contributed by atoms with Crippen molar-refractivity contribution < 1.29 is 0 Å². The molecule has 2 rings (SSSR count). The average Bonchev–Trinajstić information content (AvgIpc) is 2.66. The van der Waals surface area contributed by atoms with Crippen LogP contribution >= 0.6 is 0 Å². The van der Waals surface area contributed by atoms with Gasteiger partial charge in [-0.1, -0.05) is 32.0 Å². The minimum absolute atomic E-state index is 0.545. The fourth-order valence-corrected chi connectivity index (χ4v) is 2.28. The molecule has 2 aromatic rings. The molecule has 4 nitrogen and oxygen atoms in total. The lowest BCUT2D eigenvalue weighted by molar-refractivity contribution is 0.316. The summed E-state index contributed by atoms with van der Waals surface area (Å²) >= 11 is 0. The highest BCUT2D eigenvalue weighted by Crippen LogP contribution is 2.18. The second kappa shape index (κ2) is 6.17. The van der Waals surface area contributed by atoms with Crippen LogP contribution in [0.4, 0.5) is 0 Å². The van der Waals surface area contributed by atoms with Crippen molar-refractivity contribution in [1.82, 2.24) is 20.0 Å². The molecule has 0 saturated carbocycles. The molecule has 19 heavy (non-hydrogen) atoms. The molecular formula is C15H24N4. The summed E-state index contributed by atoms with van der Waals surface area (Å²) in [5, 5.41) is 9.32. The zero-order valence-corrected chi connectivity index (χ0v) is 12.3. The molecule has 1 N–H and O–H groups in total. The third-order valence-corrected chi connectivity index (χ3v) is 3.30. The third kappa shape index (κ3) is 3.55. The molecule has 0 atom stereocenters. The summed E-state index contributed by atoms with van der Waals surface area (Å²) in [5.41, 5.74) is 2.36. The van der Waals surface area contributed by atoms with Gasteiger partial charge in [0.15, 0.2) is 0 Å². The summed E-state index contributed by atoms with van der Waals surface area (Å²) in [6.07, 6.45) is 0. The number of rotatable bonds is 6. The Kier molecular flexibility index (Phi) is 4.56. The van der Waals surface area contributed by atoms with Crippen LogP contribution in [-0.2, 0) is 13.6 Å². The molecule has 0 radical (unpaired) electrons. The first-order chi connectivity index (χ1) is 9.08. The molecule has 0 bridgehead atoms. The van der Waals surface area contributed by atoms with Gasteiger partial charge in [-0.05, 0) is 13.1 Å². The molecule has 0 saturated heterocycles. The van der Waals surface area contributed by atoms with Crippen LogP contribution in [-0.4, -0.2) is 40.9 Å². The zero-order valence-electron chi connectivity index (χ0n) is 12.3. The lowest BCUT2D eigenvalue weighted by atomic mass is 10.2. The number of nitrogens with one attached hydrogen (secondary N) is 1. The largest absolute Gasteiger partial charge is 0.313 e. The second-order valence-electron chi connectivity index (χ2n) is 5.43. The first kappa shape index (κ1) is 14.0. The van der Waals surface area contributed by atoms with E-state index >= 15 is 0 Å². The summed E-state index contributed by atoms with van der Waals surface area (Å²) in [7, 11) is 4.15. The SMILES string of the molecule is CC(C)NCCN(C)Cc1nn(C)c2ccccc12. The van der Waals surface area contributed by atoms with Crippen LogP contribution in [0.1, 0.15) is 19.5 Å². The molecule has 104 valence electrons. The molecule has 0 fully saturated rings. The Bertz CT molecular complexity index is 530. The number of aromatic nitrogens is 2. The lowest BCUT2D eigenvalue weighted by Crippen LogP contribution is -2.32. The van der Waals surface area contributed by atoms with Crippen molar-refractivity contribution in [2.75, 3.05) is 20.1 Å². The molecule has 1 aromatic heterocycles. The Hall–Kier alpha value is -1.39. The molecule has 0 spiro atoms. The van der Waals surface area contributed by atoms with Crippen LogP contribution in [0.25, 0.3) is 10.9 Å². The van der Waals surface area contributed by atoms with Gasteiger partial charge >= 0.3 is 0 Å². The van der Waals surface area contributed by atoms with E-state index in [2.05, 4.69) is 60.5 Å². The third-order valence-electron chi connectivity index (χ3n) is 3.30. The fraction of sp³-hybridized carbons (Fsp3) is 0.533. The number of benzene rings is 1. The Morgan fingerprint density at radius 3 is 2.79 bits per heavy atom. The van der Waals surface area contributed by atoms with Gasteiger partial charge in [-0.2, -0.15) is 5.10 Å². The quantitative estimate of drug-likeness (QED) is 0.862. The van der Waals surface area contributed by atoms with E-state index in [4.69, 9.17) is 0 Å². The van der Waals surface area contributed by atoms with Crippen molar-refractivity contribution in [3.63, 3.8) is 0 Å². The van der Waals surface area contributed by atoms with Crippen molar-refractivity contribution in [3.8, 4) is 0 Å². The van der Waals surface area contributed by atoms with E-state index in [1.165, 1.54) is 10.9 Å². The average molecular weight is 260 g/mol. The number of hydrogen-bond acceptors (Lipinski definition) is 3. The van der Waals surface area contributed by atoms with Crippen molar-refractivity contribution in [1.29, 1.82) is 0 Å². The molecule has 0 aliphatic rings. The number of nitrogens with zero attached hydrogens (tertiary/aromatic N) is 3. The highest BCUT2D eigenvalue weighted by molar-refractivity contribution is 5.81. The van der Waals surface area contributed by atoms with Crippen LogP contribution in [0.5, 0.6) is 0 Å². The van der Waals surface area contributed by atoms with Crippen LogP contribution in [0, 0.1) is 0 Å². The summed E-state index contributed by atoms with van der Waals surface area (Å²) in [4.78, 5) is 2.31.